The zero-order valence-corrected chi connectivity index (χ0v) is 12.4. The summed E-state index contributed by atoms with van der Waals surface area (Å²) in [5.74, 6) is -0.941. The quantitative estimate of drug-likeness (QED) is 0.859. The molecule has 0 spiro atoms. The second-order valence-corrected chi connectivity index (χ2v) is 5.11. The minimum absolute atomic E-state index is 0.165. The molecule has 6 nitrogen and oxygen atoms in total. The number of hydrogen-bond donors (Lipinski definition) is 2. The van der Waals surface area contributed by atoms with Gasteiger partial charge in [0.1, 0.15) is 5.82 Å². The lowest BCUT2D eigenvalue weighted by Gasteiger charge is -2.04. The van der Waals surface area contributed by atoms with E-state index in [4.69, 9.17) is 5.73 Å². The molecule has 2 rings (SSSR count). The van der Waals surface area contributed by atoms with Crippen molar-refractivity contribution in [3.63, 3.8) is 0 Å². The van der Waals surface area contributed by atoms with Crippen molar-refractivity contribution in [1.29, 1.82) is 0 Å². The summed E-state index contributed by atoms with van der Waals surface area (Å²) in [6.45, 7) is 0.339. The Morgan fingerprint density at radius 2 is 2.14 bits per heavy atom. The third-order valence-electron chi connectivity index (χ3n) is 2.65. The summed E-state index contributed by atoms with van der Waals surface area (Å²) >= 11 is 3.13. The van der Waals surface area contributed by atoms with E-state index in [0.29, 0.717) is 22.4 Å². The van der Waals surface area contributed by atoms with Crippen molar-refractivity contribution in [2.75, 3.05) is 5.32 Å². The van der Waals surface area contributed by atoms with Gasteiger partial charge < -0.3 is 11.1 Å². The number of nitrogens with one attached hydrogen (secondary N) is 1. The first-order chi connectivity index (χ1) is 9.95. The monoisotopic (exact) mass is 354 g/mol. The van der Waals surface area contributed by atoms with E-state index < -0.39 is 17.6 Å². The van der Waals surface area contributed by atoms with Crippen molar-refractivity contribution in [2.45, 2.75) is 13.0 Å². The second kappa shape index (κ2) is 6.49. The Hall–Kier alpha value is -2.22. The smallest absolute Gasteiger partial charge is 0.258 e. The molecule has 0 aliphatic carbocycles. The first-order valence-electron chi connectivity index (χ1n) is 6.04. The number of anilines is 1. The molecule has 0 bridgehead atoms. The van der Waals surface area contributed by atoms with Crippen LogP contribution < -0.4 is 11.1 Å². The van der Waals surface area contributed by atoms with Crippen molar-refractivity contribution >= 4 is 33.6 Å². The van der Waals surface area contributed by atoms with E-state index in [1.165, 1.54) is 22.9 Å². The lowest BCUT2D eigenvalue weighted by Crippen LogP contribution is -2.15. The minimum Gasteiger partial charge on any atom is -0.370 e. The van der Waals surface area contributed by atoms with E-state index in [1.807, 2.05) is 0 Å². The number of primary amides is 1. The van der Waals surface area contributed by atoms with Gasteiger partial charge in [-0.1, -0.05) is 0 Å². The normalized spacial score (nSPS) is 10.4. The minimum atomic E-state index is -0.436. The number of carbonyl (C=O) groups is 2. The predicted molar refractivity (Wildman–Crippen MR) is 78.1 cm³/mol. The predicted octanol–water partition coefficient (Wildman–Crippen LogP) is 1.91. The van der Waals surface area contributed by atoms with E-state index in [-0.39, 0.29) is 6.42 Å². The summed E-state index contributed by atoms with van der Waals surface area (Å²) in [5.41, 5.74) is 5.34. The number of hydrogen-bond acceptors (Lipinski definition) is 3. The molecule has 3 N–H and O–H groups in total. The van der Waals surface area contributed by atoms with Gasteiger partial charge in [-0.2, -0.15) is 5.10 Å². The first kappa shape index (κ1) is 15.2. The van der Waals surface area contributed by atoms with Crippen LogP contribution >= 0.6 is 15.9 Å². The second-order valence-electron chi connectivity index (χ2n) is 4.26. The molecule has 0 aliphatic rings. The Morgan fingerprint density at radius 3 is 2.81 bits per heavy atom. The summed E-state index contributed by atoms with van der Waals surface area (Å²) in [7, 11) is 0. The summed E-state index contributed by atoms with van der Waals surface area (Å²) < 4.78 is 14.8. The average Bonchev–Trinajstić information content (AvgIpc) is 2.83. The van der Waals surface area contributed by atoms with Gasteiger partial charge in [0.25, 0.3) is 5.91 Å². The van der Waals surface area contributed by atoms with Gasteiger partial charge in [-0.15, -0.1) is 0 Å². The number of aromatic nitrogens is 2. The molecule has 0 aliphatic heterocycles. The molecule has 0 saturated heterocycles. The first-order valence-corrected chi connectivity index (χ1v) is 6.83. The van der Waals surface area contributed by atoms with Crippen LogP contribution in [-0.2, 0) is 11.3 Å². The van der Waals surface area contributed by atoms with Crippen LogP contribution in [0.2, 0.25) is 0 Å². The van der Waals surface area contributed by atoms with Crippen molar-refractivity contribution in [2.24, 2.45) is 5.73 Å². The highest BCUT2D eigenvalue weighted by molar-refractivity contribution is 9.10. The summed E-state index contributed by atoms with van der Waals surface area (Å²) in [5, 5.41) is 6.67. The Morgan fingerprint density at radius 1 is 1.38 bits per heavy atom. The lowest BCUT2D eigenvalue weighted by atomic mass is 10.2. The van der Waals surface area contributed by atoms with Gasteiger partial charge in [0.2, 0.25) is 5.91 Å². The zero-order valence-electron chi connectivity index (χ0n) is 10.8. The summed E-state index contributed by atoms with van der Waals surface area (Å²) in [6.07, 6.45) is 1.79. The number of benzene rings is 1. The fourth-order valence-corrected chi connectivity index (χ4v) is 2.17. The third kappa shape index (κ3) is 4.12. The highest BCUT2D eigenvalue weighted by Gasteiger charge is 2.12. The molecule has 2 aromatic rings. The van der Waals surface area contributed by atoms with Crippen LogP contribution in [0.5, 0.6) is 0 Å². The van der Waals surface area contributed by atoms with Crippen LogP contribution in [0.3, 0.4) is 0 Å². The average molecular weight is 355 g/mol. The van der Waals surface area contributed by atoms with Crippen LogP contribution in [0.15, 0.2) is 34.9 Å². The molecular formula is C13H12BrFN4O2. The Bertz CT molecular complexity index is 687. The molecule has 0 fully saturated rings. The molecule has 0 saturated carbocycles. The van der Waals surface area contributed by atoms with Gasteiger partial charge >= 0.3 is 0 Å². The van der Waals surface area contributed by atoms with Gasteiger partial charge in [0.15, 0.2) is 5.82 Å². The maximum atomic E-state index is 13.0. The molecule has 0 radical (unpaired) electrons. The van der Waals surface area contributed by atoms with Crippen molar-refractivity contribution in [3.8, 4) is 0 Å². The number of rotatable bonds is 5. The standard InChI is InChI=1S/C13H12BrFN4O2/c14-10-7-8(15)1-2-9(10)13(21)17-12-4-6-19(18-12)5-3-11(16)20/h1-2,4,6-7H,3,5H2,(H2,16,20)(H,17,18,21). The molecule has 1 aromatic heterocycles. The molecule has 110 valence electrons. The van der Waals surface area contributed by atoms with Crippen molar-refractivity contribution in [3.05, 3.63) is 46.3 Å². The topological polar surface area (TPSA) is 90.0 Å². The fraction of sp³-hybridized carbons (Fsp3) is 0.154. The van der Waals surface area contributed by atoms with E-state index in [1.54, 1.807) is 12.3 Å². The van der Waals surface area contributed by atoms with Gasteiger partial charge in [-0.25, -0.2) is 4.39 Å². The maximum Gasteiger partial charge on any atom is 0.258 e. The molecule has 8 heteroatoms. The highest BCUT2D eigenvalue weighted by Crippen LogP contribution is 2.19. The Balaban J connectivity index is 2.04. The Kier molecular flexibility index (Phi) is 4.69. The number of nitrogens with zero attached hydrogens (tertiary/aromatic N) is 2. The molecule has 0 unspecified atom stereocenters. The summed E-state index contributed by atoms with van der Waals surface area (Å²) in [6, 6.07) is 5.38. The van der Waals surface area contributed by atoms with Gasteiger partial charge in [0.05, 0.1) is 5.56 Å². The zero-order chi connectivity index (χ0) is 15.4. The van der Waals surface area contributed by atoms with E-state index in [2.05, 4.69) is 26.3 Å². The molecule has 1 aromatic carbocycles. The molecule has 21 heavy (non-hydrogen) atoms. The number of amides is 2. The van der Waals surface area contributed by atoms with Gasteiger partial charge in [-0.05, 0) is 34.1 Å². The Labute approximate surface area is 128 Å². The number of halogens is 2. The van der Waals surface area contributed by atoms with Crippen LogP contribution in [0.25, 0.3) is 0 Å². The molecule has 0 atom stereocenters. The van der Waals surface area contributed by atoms with E-state index in [0.717, 1.165) is 0 Å². The fourth-order valence-electron chi connectivity index (χ4n) is 1.63. The number of aryl methyl sites for hydroxylation is 1. The third-order valence-corrected chi connectivity index (χ3v) is 3.30. The lowest BCUT2D eigenvalue weighted by molar-refractivity contribution is -0.118. The van der Waals surface area contributed by atoms with Crippen LogP contribution in [0.1, 0.15) is 16.8 Å². The SMILES string of the molecule is NC(=O)CCn1ccc(NC(=O)c2ccc(F)cc2Br)n1. The van der Waals surface area contributed by atoms with E-state index in [9.17, 15) is 14.0 Å². The van der Waals surface area contributed by atoms with E-state index >= 15 is 0 Å². The van der Waals surface area contributed by atoms with Crippen molar-refractivity contribution < 1.29 is 14.0 Å². The van der Waals surface area contributed by atoms with Gasteiger partial charge in [0, 0.05) is 29.7 Å². The largest absolute Gasteiger partial charge is 0.370 e. The maximum absolute atomic E-state index is 13.0. The van der Waals surface area contributed by atoms with Crippen LogP contribution in [0, 0.1) is 5.82 Å². The number of nitrogens with two attached hydrogens (primary N) is 1. The highest BCUT2D eigenvalue weighted by atomic mass is 79.9. The van der Waals surface area contributed by atoms with Crippen molar-refractivity contribution in [1.82, 2.24) is 9.78 Å². The number of carbonyl (C=O) groups excluding carboxylic acids is 2. The van der Waals surface area contributed by atoms with Crippen LogP contribution in [-0.4, -0.2) is 21.6 Å². The van der Waals surface area contributed by atoms with Crippen LogP contribution in [0.4, 0.5) is 10.2 Å². The van der Waals surface area contributed by atoms with Gasteiger partial charge in [-0.3, -0.25) is 14.3 Å². The molecular weight excluding hydrogens is 343 g/mol. The summed E-state index contributed by atoms with van der Waals surface area (Å²) in [4.78, 5) is 22.7. The molecule has 1 heterocycles. The molecule has 2 amide bonds.